The van der Waals surface area contributed by atoms with Gasteiger partial charge in [0.25, 0.3) is 10.0 Å². The Balaban J connectivity index is 2.08. The normalized spacial score (nSPS) is 11.9. The molecule has 2 amide bonds. The van der Waals surface area contributed by atoms with Crippen LogP contribution in [0.1, 0.15) is 24.5 Å². The Hall–Kier alpha value is -3.56. The van der Waals surface area contributed by atoms with Gasteiger partial charge in [-0.15, -0.1) is 0 Å². The SMILES string of the molecule is CC[C@@H](C(=O)NC)N(Cc1cccc(C)c1)C(=O)CN(c1ccc(OC)c(Cl)c1)S(=O)(=O)c1ccccc1. The average Bonchev–Trinajstić information content (AvgIpc) is 2.91. The zero-order chi connectivity index (χ0) is 27.9. The third-order valence-electron chi connectivity index (χ3n) is 6.10. The fourth-order valence-electron chi connectivity index (χ4n) is 4.15. The molecule has 0 fully saturated rings. The van der Waals surface area contributed by atoms with Crippen molar-refractivity contribution in [3.63, 3.8) is 0 Å². The van der Waals surface area contributed by atoms with E-state index in [9.17, 15) is 18.0 Å². The molecule has 3 rings (SSSR count). The number of benzene rings is 3. The Morgan fingerprint density at radius 3 is 2.32 bits per heavy atom. The van der Waals surface area contributed by atoms with Crippen LogP contribution in [0.4, 0.5) is 5.69 Å². The van der Waals surface area contributed by atoms with E-state index in [4.69, 9.17) is 16.3 Å². The first-order valence-electron chi connectivity index (χ1n) is 12.1. The molecule has 0 unspecified atom stereocenters. The highest BCUT2D eigenvalue weighted by Crippen LogP contribution is 2.32. The number of likely N-dealkylation sites (N-methyl/N-ethyl adjacent to an activating group) is 1. The largest absolute Gasteiger partial charge is 0.495 e. The van der Waals surface area contributed by atoms with E-state index in [2.05, 4.69) is 5.32 Å². The minimum absolute atomic E-state index is 0.0170. The van der Waals surface area contributed by atoms with Gasteiger partial charge in [-0.3, -0.25) is 13.9 Å². The average molecular weight is 558 g/mol. The predicted molar refractivity (Wildman–Crippen MR) is 149 cm³/mol. The number of hydrogen-bond donors (Lipinski definition) is 1. The van der Waals surface area contributed by atoms with Crippen molar-refractivity contribution in [2.24, 2.45) is 0 Å². The van der Waals surface area contributed by atoms with E-state index < -0.39 is 28.5 Å². The zero-order valence-corrected chi connectivity index (χ0v) is 23.4. The van der Waals surface area contributed by atoms with Crippen LogP contribution in [0.2, 0.25) is 5.02 Å². The van der Waals surface area contributed by atoms with Gasteiger partial charge in [0.05, 0.1) is 22.7 Å². The van der Waals surface area contributed by atoms with E-state index in [-0.39, 0.29) is 28.1 Å². The predicted octanol–water partition coefficient (Wildman–Crippen LogP) is 4.41. The van der Waals surface area contributed by atoms with Gasteiger partial charge in [-0.1, -0.05) is 66.6 Å². The van der Waals surface area contributed by atoms with Crippen LogP contribution in [0.5, 0.6) is 5.75 Å². The van der Waals surface area contributed by atoms with Gasteiger partial charge in [-0.05, 0) is 49.2 Å². The number of amides is 2. The monoisotopic (exact) mass is 557 g/mol. The summed E-state index contributed by atoms with van der Waals surface area (Å²) in [6.07, 6.45) is 0.344. The van der Waals surface area contributed by atoms with Gasteiger partial charge >= 0.3 is 0 Å². The molecule has 0 aromatic heterocycles. The minimum Gasteiger partial charge on any atom is -0.495 e. The Labute approximate surface area is 229 Å². The molecular weight excluding hydrogens is 526 g/mol. The van der Waals surface area contributed by atoms with Crippen molar-refractivity contribution >= 4 is 39.1 Å². The number of ether oxygens (including phenoxy) is 1. The second-order valence-electron chi connectivity index (χ2n) is 8.69. The van der Waals surface area contributed by atoms with Gasteiger partial charge in [-0.25, -0.2) is 8.42 Å². The fourth-order valence-corrected chi connectivity index (χ4v) is 5.83. The van der Waals surface area contributed by atoms with Crippen LogP contribution in [-0.2, 0) is 26.2 Å². The summed E-state index contributed by atoms with van der Waals surface area (Å²) in [5.74, 6) is -0.502. The van der Waals surface area contributed by atoms with Crippen LogP contribution in [0.25, 0.3) is 0 Å². The maximum Gasteiger partial charge on any atom is 0.264 e. The summed E-state index contributed by atoms with van der Waals surface area (Å²) in [5.41, 5.74) is 2.02. The van der Waals surface area contributed by atoms with Gasteiger partial charge in [0, 0.05) is 13.6 Å². The second kappa shape index (κ2) is 12.8. The number of nitrogens with one attached hydrogen (secondary N) is 1. The molecule has 0 saturated heterocycles. The smallest absolute Gasteiger partial charge is 0.264 e. The van der Waals surface area contributed by atoms with Crippen LogP contribution in [0, 0.1) is 6.92 Å². The van der Waals surface area contributed by atoms with Gasteiger partial charge in [0.2, 0.25) is 11.8 Å². The lowest BCUT2D eigenvalue weighted by Crippen LogP contribution is -2.51. The maximum atomic E-state index is 13.9. The summed E-state index contributed by atoms with van der Waals surface area (Å²) in [5, 5.41) is 2.81. The first-order valence-corrected chi connectivity index (χ1v) is 13.9. The summed E-state index contributed by atoms with van der Waals surface area (Å²) in [7, 11) is -1.21. The third kappa shape index (κ3) is 6.65. The molecule has 0 aliphatic heterocycles. The van der Waals surface area contributed by atoms with E-state index >= 15 is 0 Å². The highest BCUT2D eigenvalue weighted by Gasteiger charge is 2.33. The summed E-state index contributed by atoms with van der Waals surface area (Å²) >= 11 is 6.33. The van der Waals surface area contributed by atoms with E-state index in [0.29, 0.717) is 12.2 Å². The molecule has 38 heavy (non-hydrogen) atoms. The molecule has 1 N–H and O–H groups in total. The number of anilines is 1. The molecular formula is C28H32ClN3O5S. The van der Waals surface area contributed by atoms with Crippen molar-refractivity contribution in [2.75, 3.05) is 25.0 Å². The molecule has 0 saturated carbocycles. The van der Waals surface area contributed by atoms with Crippen molar-refractivity contribution in [1.82, 2.24) is 10.2 Å². The van der Waals surface area contributed by atoms with Gasteiger partial charge < -0.3 is 15.0 Å². The van der Waals surface area contributed by atoms with Crippen LogP contribution in [-0.4, -0.2) is 51.9 Å². The number of sulfonamides is 1. The summed E-state index contributed by atoms with van der Waals surface area (Å²) in [4.78, 5) is 28.1. The quantitative estimate of drug-likeness (QED) is 0.377. The molecule has 3 aromatic carbocycles. The number of hydrogen-bond acceptors (Lipinski definition) is 5. The number of halogens is 1. The molecule has 0 aliphatic carbocycles. The van der Waals surface area contributed by atoms with Crippen molar-refractivity contribution < 1.29 is 22.7 Å². The standard InChI is InChI=1S/C28H32ClN3O5S/c1-5-25(28(34)30-3)31(18-21-11-9-10-20(2)16-21)27(33)19-32(22-14-15-26(37-4)24(29)17-22)38(35,36)23-12-7-6-8-13-23/h6-17,25H,5,18-19H2,1-4H3,(H,30,34)/t25-/m0/s1. The highest BCUT2D eigenvalue weighted by molar-refractivity contribution is 7.92. The van der Waals surface area contributed by atoms with Crippen molar-refractivity contribution in [2.45, 2.75) is 37.8 Å². The number of carbonyl (C=O) groups is 2. The van der Waals surface area contributed by atoms with Gasteiger partial charge in [0.1, 0.15) is 18.3 Å². The molecule has 1 atom stereocenters. The van der Waals surface area contributed by atoms with E-state index in [1.54, 1.807) is 31.2 Å². The first-order chi connectivity index (χ1) is 18.1. The van der Waals surface area contributed by atoms with E-state index in [1.165, 1.54) is 43.3 Å². The van der Waals surface area contributed by atoms with E-state index in [0.717, 1.165) is 15.4 Å². The molecule has 0 heterocycles. The molecule has 10 heteroatoms. The lowest BCUT2D eigenvalue weighted by Gasteiger charge is -2.33. The van der Waals surface area contributed by atoms with Crippen molar-refractivity contribution in [3.05, 3.63) is 88.9 Å². The fraction of sp³-hybridized carbons (Fsp3) is 0.286. The summed E-state index contributed by atoms with van der Waals surface area (Å²) in [6.45, 7) is 3.33. The lowest BCUT2D eigenvalue weighted by atomic mass is 10.1. The number of nitrogens with zero attached hydrogens (tertiary/aromatic N) is 2. The molecule has 0 bridgehead atoms. The highest BCUT2D eigenvalue weighted by atomic mass is 35.5. The molecule has 0 spiro atoms. The topological polar surface area (TPSA) is 96.0 Å². The van der Waals surface area contributed by atoms with Gasteiger partial charge in [-0.2, -0.15) is 0 Å². The summed E-state index contributed by atoms with van der Waals surface area (Å²) < 4.78 is 33.8. The maximum absolute atomic E-state index is 13.9. The van der Waals surface area contributed by atoms with Crippen LogP contribution < -0.4 is 14.4 Å². The lowest BCUT2D eigenvalue weighted by molar-refractivity contribution is -0.140. The molecule has 0 aliphatic rings. The first kappa shape index (κ1) is 29.0. The number of methoxy groups -OCH3 is 1. The van der Waals surface area contributed by atoms with Crippen LogP contribution in [0.15, 0.2) is 77.7 Å². The Morgan fingerprint density at radius 2 is 1.74 bits per heavy atom. The molecule has 0 radical (unpaired) electrons. The van der Waals surface area contributed by atoms with Crippen molar-refractivity contribution in [1.29, 1.82) is 0 Å². The second-order valence-corrected chi connectivity index (χ2v) is 11.0. The van der Waals surface area contributed by atoms with Crippen molar-refractivity contribution in [3.8, 4) is 5.75 Å². The Kier molecular flexibility index (Phi) is 9.77. The molecule has 3 aromatic rings. The van der Waals surface area contributed by atoms with Crippen LogP contribution in [0.3, 0.4) is 0 Å². The van der Waals surface area contributed by atoms with E-state index in [1.807, 2.05) is 31.2 Å². The molecule has 202 valence electrons. The van der Waals surface area contributed by atoms with Gasteiger partial charge in [0.15, 0.2) is 0 Å². The van der Waals surface area contributed by atoms with Crippen LogP contribution >= 0.6 is 11.6 Å². The summed E-state index contributed by atoms with van der Waals surface area (Å²) in [6, 6.07) is 19.2. The zero-order valence-electron chi connectivity index (χ0n) is 21.8. The minimum atomic E-state index is -4.17. The Morgan fingerprint density at radius 1 is 1.03 bits per heavy atom. The third-order valence-corrected chi connectivity index (χ3v) is 8.18. The number of rotatable bonds is 11. The molecule has 8 nitrogen and oxygen atoms in total. The number of aryl methyl sites for hydroxylation is 1. The number of carbonyl (C=O) groups excluding carboxylic acids is 2. The Bertz CT molecular complexity index is 1380.